The van der Waals surface area contributed by atoms with Crippen LogP contribution in [0.1, 0.15) is 0 Å². The number of benzene rings is 2. The van der Waals surface area contributed by atoms with Gasteiger partial charge in [-0.1, -0.05) is 30.3 Å². The van der Waals surface area contributed by atoms with Gasteiger partial charge in [-0.25, -0.2) is 4.98 Å². The molecule has 0 aliphatic carbocycles. The summed E-state index contributed by atoms with van der Waals surface area (Å²) in [7, 11) is 0. The maximum absolute atomic E-state index is 12.0. The summed E-state index contributed by atoms with van der Waals surface area (Å²) in [6.07, 6.45) is 0. The van der Waals surface area contributed by atoms with Crippen LogP contribution in [0.3, 0.4) is 0 Å². The third-order valence-corrected chi connectivity index (χ3v) is 4.46. The molecule has 0 amide bonds. The largest absolute Gasteiger partial charge is 0.316 e. The molecule has 0 saturated carbocycles. The van der Waals surface area contributed by atoms with Gasteiger partial charge in [0, 0.05) is 5.69 Å². The van der Waals surface area contributed by atoms with Crippen LogP contribution in [0.5, 0.6) is 0 Å². The van der Waals surface area contributed by atoms with Gasteiger partial charge in [-0.2, -0.15) is 0 Å². The van der Waals surface area contributed by atoms with Gasteiger partial charge in [0.05, 0.1) is 11.0 Å². The van der Waals surface area contributed by atoms with Crippen LogP contribution in [-0.4, -0.2) is 9.55 Å². The lowest BCUT2D eigenvalue weighted by Crippen LogP contribution is -2.14. The van der Waals surface area contributed by atoms with Gasteiger partial charge in [-0.15, -0.1) is 0 Å². The fourth-order valence-electron chi connectivity index (χ4n) is 2.02. The highest BCUT2D eigenvalue weighted by molar-refractivity contribution is 8.13. The van der Waals surface area contributed by atoms with E-state index in [9.17, 15) is 4.57 Å². The average Bonchev–Trinajstić information content (AvgIpc) is 2.79. The van der Waals surface area contributed by atoms with Crippen molar-refractivity contribution in [2.24, 2.45) is 0 Å². The van der Waals surface area contributed by atoms with E-state index in [1.165, 1.54) is 0 Å². The van der Waals surface area contributed by atoms with E-state index in [0.29, 0.717) is 5.52 Å². The topological polar surface area (TPSA) is 34.9 Å². The van der Waals surface area contributed by atoms with E-state index in [1.54, 1.807) is 4.57 Å². The lowest BCUT2D eigenvalue weighted by atomic mass is 10.3. The number of aromatic nitrogens is 2. The van der Waals surface area contributed by atoms with Crippen LogP contribution in [0, 0.1) is 0 Å². The predicted octanol–water partition coefficient (Wildman–Crippen LogP) is 4.32. The minimum Gasteiger partial charge on any atom is -0.288 e. The summed E-state index contributed by atoms with van der Waals surface area (Å²) >= 11 is 11.6. The number of nitrogens with zero attached hydrogens (tertiary/aromatic N) is 2. The summed E-state index contributed by atoms with van der Waals surface area (Å²) in [4.78, 5) is 4.30. The molecule has 0 radical (unpaired) electrons. The van der Waals surface area contributed by atoms with Crippen molar-refractivity contribution in [2.75, 3.05) is 0 Å². The summed E-state index contributed by atoms with van der Waals surface area (Å²) < 4.78 is 13.8. The van der Waals surface area contributed by atoms with Gasteiger partial charge in [0.25, 0.3) is 0 Å². The average molecular weight is 311 g/mol. The maximum Gasteiger partial charge on any atom is 0.316 e. The van der Waals surface area contributed by atoms with E-state index in [4.69, 9.17) is 22.5 Å². The van der Waals surface area contributed by atoms with Gasteiger partial charge < -0.3 is 0 Å². The zero-order chi connectivity index (χ0) is 13.5. The summed E-state index contributed by atoms with van der Waals surface area (Å²) in [5.74, 6) is -3.50. The highest BCUT2D eigenvalue weighted by Gasteiger charge is 2.27. The summed E-state index contributed by atoms with van der Waals surface area (Å²) in [6, 6.07) is 16.9. The Morgan fingerprint density at radius 3 is 2.26 bits per heavy atom. The molecule has 0 atom stereocenters. The Morgan fingerprint density at radius 1 is 0.947 bits per heavy atom. The van der Waals surface area contributed by atoms with Gasteiger partial charge >= 0.3 is 5.85 Å². The predicted molar refractivity (Wildman–Crippen MR) is 80.0 cm³/mol. The number of rotatable bonds is 2. The van der Waals surface area contributed by atoms with Crippen molar-refractivity contribution in [3.63, 3.8) is 0 Å². The quantitative estimate of drug-likeness (QED) is 0.661. The van der Waals surface area contributed by atoms with Crippen molar-refractivity contribution in [2.45, 2.75) is 0 Å². The lowest BCUT2D eigenvalue weighted by Gasteiger charge is -2.09. The van der Waals surface area contributed by atoms with Gasteiger partial charge in [-0.3, -0.25) is 9.13 Å². The molecule has 0 fully saturated rings. The van der Waals surface area contributed by atoms with Crippen LogP contribution in [0.4, 0.5) is 0 Å². The Hall–Kier alpha value is -1.28. The number of hydrogen-bond acceptors (Lipinski definition) is 2. The second-order valence-corrected chi connectivity index (χ2v) is 8.73. The Bertz CT molecular complexity index is 780. The molecule has 3 rings (SSSR count). The molecule has 3 nitrogen and oxygen atoms in total. The molecule has 0 aliphatic rings. The Morgan fingerprint density at radius 2 is 1.58 bits per heavy atom. The molecule has 0 bridgehead atoms. The van der Waals surface area contributed by atoms with Crippen molar-refractivity contribution in [3.8, 4) is 5.69 Å². The van der Waals surface area contributed by atoms with E-state index < -0.39 is 5.85 Å². The fraction of sp³-hybridized carbons (Fsp3) is 0. The van der Waals surface area contributed by atoms with Crippen molar-refractivity contribution < 1.29 is 4.57 Å². The first-order chi connectivity index (χ1) is 9.07. The standard InChI is InChI=1S/C13H9Cl2N2OP/c14-19(15,18)13-16-11-8-4-5-9-12(11)17(13)10-6-2-1-3-7-10/h1-9H. The number of hydrogen-bond donors (Lipinski definition) is 0. The van der Waals surface area contributed by atoms with E-state index >= 15 is 0 Å². The fourth-order valence-corrected chi connectivity index (χ4v) is 3.38. The van der Waals surface area contributed by atoms with E-state index in [0.717, 1.165) is 11.2 Å². The normalized spacial score (nSPS) is 11.9. The molecule has 96 valence electrons. The highest BCUT2D eigenvalue weighted by Crippen LogP contribution is 2.55. The summed E-state index contributed by atoms with van der Waals surface area (Å²) in [5.41, 5.74) is 2.55. The van der Waals surface area contributed by atoms with Crippen molar-refractivity contribution >= 4 is 44.9 Å². The number of para-hydroxylation sites is 3. The minimum atomic E-state index is -3.50. The van der Waals surface area contributed by atoms with Crippen LogP contribution in [-0.2, 0) is 4.57 Å². The molecule has 1 aromatic heterocycles. The van der Waals surface area contributed by atoms with Crippen LogP contribution >= 0.6 is 28.3 Å². The SMILES string of the molecule is O=P(Cl)(Cl)c1nc2ccccc2n1-c1ccccc1. The van der Waals surface area contributed by atoms with Crippen LogP contribution in [0.15, 0.2) is 54.6 Å². The lowest BCUT2D eigenvalue weighted by molar-refractivity contribution is 0.596. The molecule has 0 saturated heterocycles. The van der Waals surface area contributed by atoms with Crippen LogP contribution in [0.25, 0.3) is 16.7 Å². The molecule has 6 heteroatoms. The first-order valence-corrected chi connectivity index (χ1v) is 9.12. The van der Waals surface area contributed by atoms with Gasteiger partial charge in [0.2, 0.25) is 5.57 Å². The molecule has 3 aromatic rings. The first kappa shape index (κ1) is 12.7. The maximum atomic E-state index is 12.0. The molecule has 0 aliphatic heterocycles. The molecule has 1 heterocycles. The second kappa shape index (κ2) is 4.68. The van der Waals surface area contributed by atoms with Crippen LogP contribution in [0.2, 0.25) is 0 Å². The first-order valence-electron chi connectivity index (χ1n) is 5.60. The Labute approximate surface area is 119 Å². The van der Waals surface area contributed by atoms with E-state index in [-0.39, 0.29) is 5.57 Å². The molecular weight excluding hydrogens is 302 g/mol. The minimum absolute atomic E-state index is 0.184. The molecule has 0 unspecified atom stereocenters. The summed E-state index contributed by atoms with van der Waals surface area (Å²) in [6.45, 7) is 0. The monoisotopic (exact) mass is 310 g/mol. The molecule has 0 N–H and O–H groups in total. The van der Waals surface area contributed by atoms with Crippen molar-refractivity contribution in [1.29, 1.82) is 0 Å². The third-order valence-electron chi connectivity index (χ3n) is 2.79. The Balaban J connectivity index is 2.41. The molecular formula is C13H9Cl2N2OP. The van der Waals surface area contributed by atoms with Gasteiger partial charge in [0.1, 0.15) is 0 Å². The zero-order valence-corrected chi connectivity index (χ0v) is 12.1. The zero-order valence-electron chi connectivity index (χ0n) is 9.70. The van der Waals surface area contributed by atoms with Crippen LogP contribution < -0.4 is 5.57 Å². The number of halogens is 2. The molecule has 2 aromatic carbocycles. The van der Waals surface area contributed by atoms with E-state index in [2.05, 4.69) is 4.98 Å². The van der Waals surface area contributed by atoms with Crippen molar-refractivity contribution in [1.82, 2.24) is 9.55 Å². The second-order valence-electron chi connectivity index (χ2n) is 4.03. The highest BCUT2D eigenvalue weighted by atomic mass is 35.9. The van der Waals surface area contributed by atoms with Gasteiger partial charge in [-0.05, 0) is 46.7 Å². The molecule has 19 heavy (non-hydrogen) atoms. The third kappa shape index (κ3) is 2.30. The number of imidazole rings is 1. The van der Waals surface area contributed by atoms with Gasteiger partial charge in [0.15, 0.2) is 0 Å². The number of fused-ring (bicyclic) bond motifs is 1. The van der Waals surface area contributed by atoms with Crippen molar-refractivity contribution in [3.05, 3.63) is 54.6 Å². The molecule has 0 spiro atoms. The summed E-state index contributed by atoms with van der Waals surface area (Å²) in [5, 5.41) is 0. The van der Waals surface area contributed by atoms with E-state index in [1.807, 2.05) is 54.6 Å². The Kier molecular flexibility index (Phi) is 3.14. The smallest absolute Gasteiger partial charge is 0.288 e.